The number of fused-ring (bicyclic) bond motifs is 1. The Hall–Kier alpha value is -4.21. The second-order valence-corrected chi connectivity index (χ2v) is 12.6. The maximum atomic E-state index is 14.1. The molecule has 1 fully saturated rings. The van der Waals surface area contributed by atoms with E-state index >= 15 is 0 Å². The van der Waals surface area contributed by atoms with Gasteiger partial charge in [0.05, 0.1) is 10.6 Å². The van der Waals surface area contributed by atoms with Crippen molar-refractivity contribution < 1.29 is 13.5 Å². The molecule has 0 saturated carbocycles. The molecular formula is C32H33N5O3S. The van der Waals surface area contributed by atoms with Crippen molar-refractivity contribution in [1.82, 2.24) is 18.8 Å². The third kappa shape index (κ3) is 4.85. The van der Waals surface area contributed by atoms with E-state index in [0.29, 0.717) is 22.3 Å². The molecule has 3 aromatic heterocycles. The molecule has 8 nitrogen and oxygen atoms in total. The summed E-state index contributed by atoms with van der Waals surface area (Å²) in [5, 5.41) is 11.0. The van der Waals surface area contributed by atoms with Gasteiger partial charge in [-0.15, -0.1) is 0 Å². The summed E-state index contributed by atoms with van der Waals surface area (Å²) in [5.74, 6) is 1.08. The smallest absolute Gasteiger partial charge is 0.269 e. The lowest BCUT2D eigenvalue weighted by atomic mass is 9.96. The van der Waals surface area contributed by atoms with Crippen molar-refractivity contribution in [3.8, 4) is 28.1 Å². The minimum absolute atomic E-state index is 0.189. The summed E-state index contributed by atoms with van der Waals surface area (Å²) in [4.78, 5) is 14.1. The Morgan fingerprint density at radius 2 is 1.51 bits per heavy atom. The summed E-state index contributed by atoms with van der Waals surface area (Å²) in [6.45, 7) is 9.51. The number of rotatable bonds is 5. The van der Waals surface area contributed by atoms with Gasteiger partial charge in [-0.2, -0.15) is 0 Å². The summed E-state index contributed by atoms with van der Waals surface area (Å²) in [6.07, 6.45) is 3.42. The molecule has 1 aliphatic heterocycles. The van der Waals surface area contributed by atoms with Crippen molar-refractivity contribution in [2.75, 3.05) is 38.1 Å². The molecule has 6 rings (SSSR count). The molecule has 1 aliphatic rings. The van der Waals surface area contributed by atoms with Crippen molar-refractivity contribution >= 4 is 26.9 Å². The standard InChI is InChI=1S/C32H33N5O3S/c1-21-5-9-27(10-6-21)41(39,40)37-28(24-8-12-30(33-19-24)36-15-13-35(4)14-16-36)18-25-17-26(20-34-32(25)37)31-22(2)7-11-29(38)23(31)3/h5-12,17-20,38H,13-16H2,1-4H3. The molecule has 0 amide bonds. The molecule has 1 saturated heterocycles. The van der Waals surface area contributed by atoms with E-state index in [9.17, 15) is 13.5 Å². The molecule has 0 bridgehead atoms. The molecule has 41 heavy (non-hydrogen) atoms. The molecule has 1 N–H and O–H groups in total. The number of pyridine rings is 2. The summed E-state index contributed by atoms with van der Waals surface area (Å²) in [7, 11) is -1.87. The molecule has 9 heteroatoms. The number of phenolic OH excluding ortho intramolecular Hbond substituents is 1. The summed E-state index contributed by atoms with van der Waals surface area (Å²) in [5.41, 5.74) is 5.93. The molecule has 0 atom stereocenters. The fourth-order valence-corrected chi connectivity index (χ4v) is 7.00. The van der Waals surface area contributed by atoms with Gasteiger partial charge < -0.3 is 14.9 Å². The number of nitrogens with zero attached hydrogens (tertiary/aromatic N) is 5. The Balaban J connectivity index is 1.51. The minimum atomic E-state index is -3.98. The van der Waals surface area contributed by atoms with Crippen LogP contribution in [0.25, 0.3) is 33.4 Å². The highest BCUT2D eigenvalue weighted by Gasteiger charge is 2.26. The Kier molecular flexibility index (Phi) is 6.79. The van der Waals surface area contributed by atoms with Gasteiger partial charge >= 0.3 is 0 Å². The molecular weight excluding hydrogens is 534 g/mol. The van der Waals surface area contributed by atoms with Crippen LogP contribution in [0.3, 0.4) is 0 Å². The monoisotopic (exact) mass is 567 g/mol. The van der Waals surface area contributed by atoms with Crippen molar-refractivity contribution in [3.05, 3.63) is 89.7 Å². The largest absolute Gasteiger partial charge is 0.508 e. The Morgan fingerprint density at radius 1 is 0.805 bits per heavy atom. The van der Waals surface area contributed by atoms with Gasteiger partial charge in [0, 0.05) is 55.1 Å². The SMILES string of the molecule is Cc1ccc(S(=O)(=O)n2c(-c3ccc(N4CCN(C)CC4)nc3)cc3cc(-c4c(C)ccc(O)c4C)cnc32)cc1. The van der Waals surface area contributed by atoms with Crippen molar-refractivity contribution in [2.24, 2.45) is 0 Å². The second kappa shape index (κ2) is 10.3. The van der Waals surface area contributed by atoms with Crippen LogP contribution in [-0.2, 0) is 10.0 Å². The highest BCUT2D eigenvalue weighted by molar-refractivity contribution is 7.90. The Morgan fingerprint density at radius 3 is 2.20 bits per heavy atom. The van der Waals surface area contributed by atoms with Crippen LogP contribution in [0.15, 0.2) is 78.0 Å². The number of benzene rings is 2. The van der Waals surface area contributed by atoms with Gasteiger partial charge in [0.2, 0.25) is 0 Å². The Bertz CT molecular complexity index is 1850. The van der Waals surface area contributed by atoms with Gasteiger partial charge in [-0.3, -0.25) is 0 Å². The molecule has 0 aliphatic carbocycles. The van der Waals surface area contributed by atoms with Gasteiger partial charge in [0.15, 0.2) is 5.65 Å². The summed E-state index contributed by atoms with van der Waals surface area (Å²) < 4.78 is 29.6. The first-order valence-corrected chi connectivity index (χ1v) is 15.1. The van der Waals surface area contributed by atoms with Crippen LogP contribution in [0.2, 0.25) is 0 Å². The molecule has 2 aromatic carbocycles. The van der Waals surface area contributed by atoms with Gasteiger partial charge in [-0.1, -0.05) is 23.8 Å². The maximum Gasteiger partial charge on any atom is 0.269 e. The van der Waals surface area contributed by atoms with Crippen LogP contribution in [0.5, 0.6) is 5.75 Å². The molecule has 0 unspecified atom stereocenters. The van der Waals surface area contributed by atoms with E-state index in [2.05, 4.69) is 16.8 Å². The lowest BCUT2D eigenvalue weighted by molar-refractivity contribution is 0.312. The van der Waals surface area contributed by atoms with Crippen LogP contribution in [-0.4, -0.2) is 65.6 Å². The lowest BCUT2D eigenvalue weighted by Crippen LogP contribution is -2.44. The van der Waals surface area contributed by atoms with E-state index in [1.165, 1.54) is 3.97 Å². The first kappa shape index (κ1) is 27.0. The number of likely N-dealkylation sites (N-methyl/N-ethyl adjacent to an activating group) is 1. The lowest BCUT2D eigenvalue weighted by Gasteiger charge is -2.33. The van der Waals surface area contributed by atoms with Crippen LogP contribution >= 0.6 is 0 Å². The highest BCUT2D eigenvalue weighted by Crippen LogP contribution is 2.37. The van der Waals surface area contributed by atoms with E-state index in [0.717, 1.165) is 59.8 Å². The number of anilines is 1. The van der Waals surface area contributed by atoms with E-state index in [1.54, 1.807) is 42.7 Å². The van der Waals surface area contributed by atoms with Crippen LogP contribution in [0, 0.1) is 20.8 Å². The molecule has 0 radical (unpaired) electrons. The number of aryl methyl sites for hydroxylation is 2. The fourth-order valence-electron chi connectivity index (χ4n) is 5.51. The predicted molar refractivity (Wildman–Crippen MR) is 163 cm³/mol. The maximum absolute atomic E-state index is 14.1. The third-order valence-electron chi connectivity index (χ3n) is 7.96. The average Bonchev–Trinajstić information content (AvgIpc) is 3.36. The molecule has 4 heterocycles. The topological polar surface area (TPSA) is 91.6 Å². The second-order valence-electron chi connectivity index (χ2n) is 10.8. The van der Waals surface area contributed by atoms with E-state index in [4.69, 9.17) is 9.97 Å². The average molecular weight is 568 g/mol. The normalized spacial score (nSPS) is 14.6. The first-order chi connectivity index (χ1) is 19.6. The minimum Gasteiger partial charge on any atom is -0.508 e. The number of hydrogen-bond donors (Lipinski definition) is 1. The number of aromatic nitrogens is 3. The third-order valence-corrected chi connectivity index (χ3v) is 9.68. The Labute approximate surface area is 240 Å². The number of phenols is 1. The molecule has 0 spiro atoms. The van der Waals surface area contributed by atoms with Crippen LogP contribution < -0.4 is 4.90 Å². The first-order valence-electron chi connectivity index (χ1n) is 13.7. The van der Waals surface area contributed by atoms with Crippen LogP contribution in [0.1, 0.15) is 16.7 Å². The summed E-state index contributed by atoms with van der Waals surface area (Å²) in [6, 6.07) is 18.1. The van der Waals surface area contributed by atoms with E-state index < -0.39 is 10.0 Å². The number of piperazine rings is 1. The van der Waals surface area contributed by atoms with Gasteiger partial charge in [0.25, 0.3) is 10.0 Å². The van der Waals surface area contributed by atoms with Crippen LogP contribution in [0.4, 0.5) is 5.82 Å². The zero-order valence-electron chi connectivity index (χ0n) is 23.7. The van der Waals surface area contributed by atoms with Crippen molar-refractivity contribution in [3.63, 3.8) is 0 Å². The highest BCUT2D eigenvalue weighted by atomic mass is 32.2. The van der Waals surface area contributed by atoms with Gasteiger partial charge in [-0.25, -0.2) is 22.4 Å². The van der Waals surface area contributed by atoms with Crippen molar-refractivity contribution in [2.45, 2.75) is 25.7 Å². The fraction of sp³-hybridized carbons (Fsp3) is 0.250. The zero-order valence-corrected chi connectivity index (χ0v) is 24.5. The van der Waals surface area contributed by atoms with Gasteiger partial charge in [0.1, 0.15) is 11.6 Å². The quantitative estimate of drug-likeness (QED) is 0.305. The summed E-state index contributed by atoms with van der Waals surface area (Å²) >= 11 is 0. The van der Waals surface area contributed by atoms with E-state index in [-0.39, 0.29) is 10.6 Å². The number of hydrogen-bond acceptors (Lipinski definition) is 7. The number of aromatic hydroxyl groups is 1. The van der Waals surface area contributed by atoms with E-state index in [1.807, 2.05) is 51.1 Å². The van der Waals surface area contributed by atoms with Crippen molar-refractivity contribution in [1.29, 1.82) is 0 Å². The predicted octanol–water partition coefficient (Wildman–Crippen LogP) is 5.38. The molecule has 5 aromatic rings. The zero-order chi connectivity index (χ0) is 28.9. The van der Waals surface area contributed by atoms with Gasteiger partial charge in [-0.05, 0) is 87.0 Å². The molecule has 210 valence electrons.